The van der Waals surface area contributed by atoms with E-state index in [0.29, 0.717) is 13.0 Å². The molecule has 186 valence electrons. The Balaban J connectivity index is 3.23. The van der Waals surface area contributed by atoms with Gasteiger partial charge in [-0.15, -0.1) is 0 Å². The molecular formula is C29H58O2. The van der Waals surface area contributed by atoms with Gasteiger partial charge in [0.15, 0.2) is 0 Å². The molecule has 0 saturated heterocycles. The molecule has 0 bridgehead atoms. The summed E-state index contributed by atoms with van der Waals surface area (Å²) in [4.78, 5) is 11.8. The predicted octanol–water partition coefficient (Wildman–Crippen LogP) is 10.2. The maximum Gasteiger partial charge on any atom is 0.305 e. The number of carbonyl (C=O) groups excluding carboxylic acids is 1. The molecule has 0 heterocycles. The van der Waals surface area contributed by atoms with Crippen molar-refractivity contribution in [1.29, 1.82) is 0 Å². The minimum atomic E-state index is 0.0211. The number of rotatable bonds is 25. The van der Waals surface area contributed by atoms with E-state index in [0.717, 1.165) is 18.8 Å². The van der Waals surface area contributed by atoms with Crippen LogP contribution in [0.4, 0.5) is 0 Å². The molecule has 0 amide bonds. The molecule has 1 atom stereocenters. The van der Waals surface area contributed by atoms with E-state index in [9.17, 15) is 4.79 Å². The minimum Gasteiger partial charge on any atom is -0.466 e. The minimum absolute atomic E-state index is 0.0211. The van der Waals surface area contributed by atoms with Crippen LogP contribution in [0.25, 0.3) is 0 Å². The summed E-state index contributed by atoms with van der Waals surface area (Å²) in [6.45, 7) is 7.61. The maximum absolute atomic E-state index is 11.8. The van der Waals surface area contributed by atoms with Gasteiger partial charge in [-0.1, -0.05) is 149 Å². The van der Waals surface area contributed by atoms with Gasteiger partial charge in [0.1, 0.15) is 0 Å². The summed E-state index contributed by atoms with van der Waals surface area (Å²) < 4.78 is 5.39. The molecule has 0 aliphatic heterocycles. The first-order valence-electron chi connectivity index (χ1n) is 14.4. The Hall–Kier alpha value is -0.530. The molecule has 0 spiro atoms. The van der Waals surface area contributed by atoms with E-state index in [1.807, 2.05) is 0 Å². The molecule has 0 aromatic rings. The molecule has 0 aromatic carbocycles. The Labute approximate surface area is 196 Å². The van der Waals surface area contributed by atoms with E-state index in [2.05, 4.69) is 20.8 Å². The lowest BCUT2D eigenvalue weighted by Crippen LogP contribution is -2.05. The van der Waals surface area contributed by atoms with Crippen LogP contribution in [0.3, 0.4) is 0 Å². The molecule has 2 heteroatoms. The van der Waals surface area contributed by atoms with E-state index in [4.69, 9.17) is 4.74 Å². The van der Waals surface area contributed by atoms with E-state index in [-0.39, 0.29) is 5.97 Å². The molecule has 0 aromatic heterocycles. The zero-order valence-electron chi connectivity index (χ0n) is 21.9. The second-order valence-electron chi connectivity index (χ2n) is 10.0. The molecule has 2 nitrogen and oxygen atoms in total. The van der Waals surface area contributed by atoms with Crippen molar-refractivity contribution in [2.45, 2.75) is 168 Å². The standard InChI is InChI=1S/C29H58O2/c1-4-6-8-10-11-12-13-16-19-23-27-31-29(30)26-22-18-15-14-17-21-25-28(3)24-20-9-7-5-2/h28H,4-27H2,1-3H3. The van der Waals surface area contributed by atoms with Crippen LogP contribution in [-0.4, -0.2) is 12.6 Å². The van der Waals surface area contributed by atoms with Gasteiger partial charge in [-0.3, -0.25) is 4.79 Å². The van der Waals surface area contributed by atoms with E-state index < -0.39 is 0 Å². The first-order valence-corrected chi connectivity index (χ1v) is 14.4. The van der Waals surface area contributed by atoms with Crippen LogP contribution < -0.4 is 0 Å². The summed E-state index contributed by atoms with van der Waals surface area (Å²) >= 11 is 0. The molecule has 0 N–H and O–H groups in total. The summed E-state index contributed by atoms with van der Waals surface area (Å²) in [5, 5.41) is 0. The van der Waals surface area contributed by atoms with Gasteiger partial charge in [0.25, 0.3) is 0 Å². The molecular weight excluding hydrogens is 380 g/mol. The molecule has 0 rings (SSSR count). The van der Waals surface area contributed by atoms with Crippen molar-refractivity contribution in [3.8, 4) is 0 Å². The number of ether oxygens (including phenoxy) is 1. The van der Waals surface area contributed by atoms with Crippen molar-refractivity contribution in [1.82, 2.24) is 0 Å². The molecule has 0 aliphatic carbocycles. The molecule has 0 aliphatic rings. The summed E-state index contributed by atoms with van der Waals surface area (Å²) in [7, 11) is 0. The summed E-state index contributed by atoms with van der Waals surface area (Å²) in [5.74, 6) is 0.926. The van der Waals surface area contributed by atoms with Crippen LogP contribution in [0, 0.1) is 5.92 Å². The van der Waals surface area contributed by atoms with Crippen LogP contribution in [0.5, 0.6) is 0 Å². The largest absolute Gasteiger partial charge is 0.466 e. The zero-order chi connectivity index (χ0) is 22.8. The van der Waals surface area contributed by atoms with Crippen molar-refractivity contribution >= 4 is 5.97 Å². The number of unbranched alkanes of at least 4 members (excludes halogenated alkanes) is 17. The van der Waals surface area contributed by atoms with Gasteiger partial charge in [-0.25, -0.2) is 0 Å². The van der Waals surface area contributed by atoms with Gasteiger partial charge < -0.3 is 4.74 Å². The first-order chi connectivity index (χ1) is 15.2. The van der Waals surface area contributed by atoms with Gasteiger partial charge in [0.05, 0.1) is 6.61 Å². The lowest BCUT2D eigenvalue weighted by atomic mass is 9.96. The number of hydrogen-bond acceptors (Lipinski definition) is 2. The van der Waals surface area contributed by atoms with Gasteiger partial charge in [0.2, 0.25) is 0 Å². The average molecular weight is 439 g/mol. The van der Waals surface area contributed by atoms with Gasteiger partial charge in [-0.2, -0.15) is 0 Å². The molecule has 0 saturated carbocycles. The number of esters is 1. The third kappa shape index (κ3) is 25.6. The quantitative estimate of drug-likeness (QED) is 0.105. The number of hydrogen-bond donors (Lipinski definition) is 0. The SMILES string of the molecule is CCCCCCCCCCCCOC(=O)CCCCCCCCC(C)CCCCCC. The lowest BCUT2D eigenvalue weighted by Gasteiger charge is -2.10. The lowest BCUT2D eigenvalue weighted by molar-refractivity contribution is -0.143. The van der Waals surface area contributed by atoms with Crippen LogP contribution in [-0.2, 0) is 9.53 Å². The van der Waals surface area contributed by atoms with Gasteiger partial charge in [-0.05, 0) is 18.8 Å². The Morgan fingerprint density at radius 1 is 0.548 bits per heavy atom. The maximum atomic E-state index is 11.8. The highest BCUT2D eigenvalue weighted by atomic mass is 16.5. The van der Waals surface area contributed by atoms with E-state index >= 15 is 0 Å². The topological polar surface area (TPSA) is 26.3 Å². The highest BCUT2D eigenvalue weighted by Crippen LogP contribution is 2.18. The smallest absolute Gasteiger partial charge is 0.305 e. The molecule has 31 heavy (non-hydrogen) atoms. The first kappa shape index (κ1) is 30.5. The predicted molar refractivity (Wildman–Crippen MR) is 138 cm³/mol. The summed E-state index contributed by atoms with van der Waals surface area (Å²) in [6, 6.07) is 0. The molecule has 0 fully saturated rings. The van der Waals surface area contributed by atoms with Crippen LogP contribution in [0.15, 0.2) is 0 Å². The van der Waals surface area contributed by atoms with E-state index in [1.54, 1.807) is 0 Å². The average Bonchev–Trinajstić information content (AvgIpc) is 2.77. The van der Waals surface area contributed by atoms with Gasteiger partial charge >= 0.3 is 5.97 Å². The Morgan fingerprint density at radius 2 is 0.935 bits per heavy atom. The second-order valence-corrected chi connectivity index (χ2v) is 10.0. The highest BCUT2D eigenvalue weighted by molar-refractivity contribution is 5.69. The number of carbonyl (C=O) groups is 1. The second kappa shape index (κ2) is 25.7. The molecule has 0 radical (unpaired) electrons. The molecule has 1 unspecified atom stereocenters. The van der Waals surface area contributed by atoms with Crippen molar-refractivity contribution < 1.29 is 9.53 Å². The fourth-order valence-electron chi connectivity index (χ4n) is 4.38. The third-order valence-electron chi connectivity index (χ3n) is 6.64. The summed E-state index contributed by atoms with van der Waals surface area (Å²) in [5.41, 5.74) is 0. The fraction of sp³-hybridized carbons (Fsp3) is 0.966. The highest BCUT2D eigenvalue weighted by Gasteiger charge is 2.04. The Morgan fingerprint density at radius 3 is 1.45 bits per heavy atom. The van der Waals surface area contributed by atoms with Gasteiger partial charge in [0, 0.05) is 6.42 Å². The fourth-order valence-corrected chi connectivity index (χ4v) is 4.38. The Kier molecular flexibility index (Phi) is 25.3. The van der Waals surface area contributed by atoms with Crippen molar-refractivity contribution in [2.75, 3.05) is 6.61 Å². The third-order valence-corrected chi connectivity index (χ3v) is 6.64. The normalized spacial score (nSPS) is 12.2. The van der Waals surface area contributed by atoms with E-state index in [1.165, 1.54) is 128 Å². The van der Waals surface area contributed by atoms with Crippen LogP contribution in [0.1, 0.15) is 168 Å². The van der Waals surface area contributed by atoms with Crippen molar-refractivity contribution in [3.63, 3.8) is 0 Å². The summed E-state index contributed by atoms with van der Waals surface area (Å²) in [6.07, 6.45) is 29.8. The van der Waals surface area contributed by atoms with Crippen molar-refractivity contribution in [3.05, 3.63) is 0 Å². The Bertz CT molecular complexity index is 353. The van der Waals surface area contributed by atoms with Crippen molar-refractivity contribution in [2.24, 2.45) is 5.92 Å². The zero-order valence-corrected chi connectivity index (χ0v) is 21.9. The monoisotopic (exact) mass is 438 g/mol. The van der Waals surface area contributed by atoms with Crippen LogP contribution in [0.2, 0.25) is 0 Å². The van der Waals surface area contributed by atoms with Crippen LogP contribution >= 0.6 is 0 Å².